The smallest absolute Gasteiger partial charge is 0.271 e. The third-order valence-corrected chi connectivity index (χ3v) is 4.80. The zero-order valence-electron chi connectivity index (χ0n) is 13.5. The first-order valence-corrected chi connectivity index (χ1v) is 8.92. The van der Waals surface area contributed by atoms with Crippen LogP contribution < -0.4 is 10.6 Å². The van der Waals surface area contributed by atoms with Crippen molar-refractivity contribution in [1.29, 1.82) is 0 Å². The quantitative estimate of drug-likeness (QED) is 0.426. The molecule has 25 heavy (non-hydrogen) atoms. The van der Waals surface area contributed by atoms with Crippen LogP contribution in [-0.4, -0.2) is 33.7 Å². The Hall–Kier alpha value is -2.13. The fourth-order valence-corrected chi connectivity index (χ4v) is 3.21. The molecule has 0 unspecified atom stereocenters. The molecule has 1 aliphatic heterocycles. The van der Waals surface area contributed by atoms with Gasteiger partial charge in [0.15, 0.2) is 5.17 Å². The molecular formula is C15H17ClN4O4S. The summed E-state index contributed by atoms with van der Waals surface area (Å²) in [6, 6.07) is 3.77. The molecule has 0 spiro atoms. The normalized spacial score (nSPS) is 18.2. The van der Waals surface area contributed by atoms with Crippen molar-refractivity contribution < 1.29 is 14.5 Å². The van der Waals surface area contributed by atoms with Gasteiger partial charge in [-0.25, -0.2) is 0 Å². The number of amidine groups is 1. The fourth-order valence-electron chi connectivity index (χ4n) is 2.05. The molecule has 0 saturated carbocycles. The molecule has 10 heteroatoms. The molecule has 1 aromatic carbocycles. The standard InChI is InChI=1S/C15H17ClN4O4S/c1-2-3-6-17-15-19-14(22)12(25-15)8-13(21)18-11-7-9(20(23)24)4-5-10(11)16/h4-5,7,12H,2-3,6,8H2,1H3,(H,18,21)(H,17,19,22)/t12-/m0/s1. The molecule has 1 saturated heterocycles. The lowest BCUT2D eigenvalue weighted by molar-refractivity contribution is -0.384. The Balaban J connectivity index is 1.97. The molecule has 1 atom stereocenters. The number of hydrogen-bond donors (Lipinski definition) is 2. The molecule has 1 heterocycles. The topological polar surface area (TPSA) is 114 Å². The predicted octanol–water partition coefficient (Wildman–Crippen LogP) is 2.96. The number of halogens is 1. The number of non-ortho nitro benzene ring substituents is 1. The number of nitro groups is 1. The van der Waals surface area contributed by atoms with Gasteiger partial charge in [-0.05, 0) is 12.5 Å². The van der Waals surface area contributed by atoms with Crippen LogP contribution in [0.25, 0.3) is 0 Å². The van der Waals surface area contributed by atoms with Crippen LogP contribution in [0.1, 0.15) is 26.2 Å². The average Bonchev–Trinajstić information content (AvgIpc) is 2.89. The monoisotopic (exact) mass is 384 g/mol. The van der Waals surface area contributed by atoms with Gasteiger partial charge in [0.1, 0.15) is 5.25 Å². The highest BCUT2D eigenvalue weighted by atomic mass is 35.5. The molecule has 8 nitrogen and oxygen atoms in total. The Kier molecular flexibility index (Phi) is 6.77. The molecule has 134 valence electrons. The van der Waals surface area contributed by atoms with Crippen molar-refractivity contribution in [3.8, 4) is 0 Å². The Morgan fingerprint density at radius 2 is 2.28 bits per heavy atom. The van der Waals surface area contributed by atoms with Crippen molar-refractivity contribution in [2.45, 2.75) is 31.4 Å². The summed E-state index contributed by atoms with van der Waals surface area (Å²) in [6.07, 6.45) is 1.85. The first-order valence-electron chi connectivity index (χ1n) is 7.66. The van der Waals surface area contributed by atoms with Crippen molar-refractivity contribution in [1.82, 2.24) is 5.32 Å². The van der Waals surface area contributed by atoms with E-state index in [2.05, 4.69) is 15.6 Å². The number of aliphatic imine (C=N–C) groups is 1. The lowest BCUT2D eigenvalue weighted by Crippen LogP contribution is -2.28. The van der Waals surface area contributed by atoms with Crippen molar-refractivity contribution in [3.05, 3.63) is 33.3 Å². The third kappa shape index (κ3) is 5.43. The zero-order chi connectivity index (χ0) is 18.4. The first-order chi connectivity index (χ1) is 11.9. The number of rotatable bonds is 7. The van der Waals surface area contributed by atoms with Crippen molar-refractivity contribution in [3.63, 3.8) is 0 Å². The van der Waals surface area contributed by atoms with E-state index in [1.807, 2.05) is 6.92 Å². The van der Waals surface area contributed by atoms with Crippen LogP contribution in [0.5, 0.6) is 0 Å². The summed E-state index contributed by atoms with van der Waals surface area (Å²) >= 11 is 7.15. The Bertz CT molecular complexity index is 725. The largest absolute Gasteiger partial charge is 0.325 e. The van der Waals surface area contributed by atoms with E-state index in [1.54, 1.807) is 0 Å². The minimum atomic E-state index is -0.585. The van der Waals surface area contributed by atoms with E-state index in [0.717, 1.165) is 12.8 Å². The maximum Gasteiger partial charge on any atom is 0.271 e. The van der Waals surface area contributed by atoms with Gasteiger partial charge in [-0.2, -0.15) is 0 Å². The highest BCUT2D eigenvalue weighted by Gasteiger charge is 2.32. The second kappa shape index (κ2) is 8.82. The third-order valence-electron chi connectivity index (χ3n) is 3.35. The molecule has 1 aliphatic rings. The molecule has 2 N–H and O–H groups in total. The average molecular weight is 385 g/mol. The van der Waals surface area contributed by atoms with E-state index >= 15 is 0 Å². The van der Waals surface area contributed by atoms with Gasteiger partial charge in [0.2, 0.25) is 11.8 Å². The van der Waals surface area contributed by atoms with E-state index in [0.29, 0.717) is 11.7 Å². The number of carbonyl (C=O) groups is 2. The summed E-state index contributed by atoms with van der Waals surface area (Å²) in [5.41, 5.74) is -0.0425. The van der Waals surface area contributed by atoms with Gasteiger partial charge >= 0.3 is 0 Å². The van der Waals surface area contributed by atoms with Crippen LogP contribution in [0, 0.1) is 10.1 Å². The molecule has 0 aliphatic carbocycles. The molecule has 0 aromatic heterocycles. The Morgan fingerprint density at radius 1 is 1.52 bits per heavy atom. The van der Waals surface area contributed by atoms with Crippen LogP contribution >= 0.6 is 23.4 Å². The molecule has 1 aromatic rings. The first kappa shape index (κ1) is 19.2. The SMILES string of the molecule is CCCCN=C1NC(=O)[C@H](CC(=O)Nc2cc([N+](=O)[O-])ccc2Cl)S1. The number of nitro benzene ring substituents is 1. The van der Waals surface area contributed by atoms with E-state index in [1.165, 1.54) is 30.0 Å². The van der Waals surface area contributed by atoms with Gasteiger partial charge in [-0.15, -0.1) is 0 Å². The molecule has 2 rings (SSSR count). The summed E-state index contributed by atoms with van der Waals surface area (Å²) in [7, 11) is 0. The van der Waals surface area contributed by atoms with Gasteiger partial charge in [0.25, 0.3) is 5.69 Å². The second-order valence-corrected chi connectivity index (χ2v) is 6.91. The molecule has 1 fully saturated rings. The molecule has 0 radical (unpaired) electrons. The summed E-state index contributed by atoms with van der Waals surface area (Å²) in [5.74, 6) is -0.731. The number of carbonyl (C=O) groups excluding carboxylic acids is 2. The molecule has 0 bridgehead atoms. The maximum atomic E-state index is 12.1. The highest BCUT2D eigenvalue weighted by molar-refractivity contribution is 8.15. The summed E-state index contributed by atoms with van der Waals surface area (Å²) < 4.78 is 0. The Labute approximate surface area is 153 Å². The number of hydrogen-bond acceptors (Lipinski definition) is 6. The molecule has 2 amide bonds. The van der Waals surface area contributed by atoms with Crippen LogP contribution in [0.3, 0.4) is 0 Å². The predicted molar refractivity (Wildman–Crippen MR) is 98.1 cm³/mol. The molecular weight excluding hydrogens is 368 g/mol. The van der Waals surface area contributed by atoms with Crippen molar-refractivity contribution in [2.75, 3.05) is 11.9 Å². The minimum Gasteiger partial charge on any atom is -0.325 e. The number of benzene rings is 1. The van der Waals surface area contributed by atoms with E-state index in [9.17, 15) is 19.7 Å². The van der Waals surface area contributed by atoms with E-state index < -0.39 is 16.1 Å². The second-order valence-electron chi connectivity index (χ2n) is 5.31. The minimum absolute atomic E-state index is 0.0810. The fraction of sp³-hybridized carbons (Fsp3) is 0.400. The summed E-state index contributed by atoms with van der Waals surface area (Å²) in [5, 5.41) is 16.1. The van der Waals surface area contributed by atoms with Crippen LogP contribution in [0.15, 0.2) is 23.2 Å². The number of unbranched alkanes of at least 4 members (excludes halogenated alkanes) is 1. The maximum absolute atomic E-state index is 12.1. The van der Waals surface area contributed by atoms with Gasteiger partial charge < -0.3 is 10.6 Å². The van der Waals surface area contributed by atoms with Crippen molar-refractivity contribution in [2.24, 2.45) is 4.99 Å². The lowest BCUT2D eigenvalue weighted by atomic mass is 10.2. The van der Waals surface area contributed by atoms with Crippen LogP contribution in [0.2, 0.25) is 5.02 Å². The van der Waals surface area contributed by atoms with Gasteiger partial charge in [0.05, 0.1) is 15.6 Å². The van der Waals surface area contributed by atoms with E-state index in [-0.39, 0.29) is 28.7 Å². The highest BCUT2D eigenvalue weighted by Crippen LogP contribution is 2.28. The van der Waals surface area contributed by atoms with Gasteiger partial charge in [-0.1, -0.05) is 36.7 Å². The van der Waals surface area contributed by atoms with Crippen LogP contribution in [-0.2, 0) is 9.59 Å². The number of amides is 2. The van der Waals surface area contributed by atoms with E-state index in [4.69, 9.17) is 11.6 Å². The van der Waals surface area contributed by atoms with Gasteiger partial charge in [0, 0.05) is 25.1 Å². The Morgan fingerprint density at radius 3 is 2.96 bits per heavy atom. The van der Waals surface area contributed by atoms with Crippen molar-refractivity contribution >= 4 is 51.7 Å². The van der Waals surface area contributed by atoms with Gasteiger partial charge in [-0.3, -0.25) is 24.7 Å². The summed E-state index contributed by atoms with van der Waals surface area (Å²) in [4.78, 5) is 38.5. The van der Waals surface area contributed by atoms with Crippen LogP contribution in [0.4, 0.5) is 11.4 Å². The number of thioether (sulfide) groups is 1. The zero-order valence-corrected chi connectivity index (χ0v) is 15.0. The number of anilines is 1. The summed E-state index contributed by atoms with van der Waals surface area (Å²) in [6.45, 7) is 2.67. The number of nitrogens with zero attached hydrogens (tertiary/aromatic N) is 2. The lowest BCUT2D eigenvalue weighted by Gasteiger charge is -2.08. The number of nitrogens with one attached hydrogen (secondary N) is 2.